The van der Waals surface area contributed by atoms with Crippen molar-refractivity contribution in [2.75, 3.05) is 21.3 Å². The Balaban J connectivity index is 1.84. The van der Waals surface area contributed by atoms with Crippen LogP contribution < -0.4 is 9.80 Å². The molecule has 6 nitrogen and oxygen atoms in total. The first-order valence-corrected chi connectivity index (χ1v) is 9.01. The van der Waals surface area contributed by atoms with E-state index in [1.54, 1.807) is 22.8 Å². The van der Waals surface area contributed by atoms with E-state index < -0.39 is 4.33 Å². The third kappa shape index (κ3) is 2.16. The SMILES string of the molecule is Cc1cc(N2C(=O)CSC23SCC(=O)N3c2ccccc2)no1. The molecule has 3 heterocycles. The summed E-state index contributed by atoms with van der Waals surface area (Å²) in [5.41, 5.74) is 0.773. The van der Waals surface area contributed by atoms with Gasteiger partial charge in [0.1, 0.15) is 5.76 Å². The minimum atomic E-state index is -0.834. The Morgan fingerprint density at radius 2 is 1.74 bits per heavy atom. The number of amides is 2. The molecule has 2 aromatic rings. The summed E-state index contributed by atoms with van der Waals surface area (Å²) in [5, 5.41) is 3.99. The number of aromatic nitrogens is 1. The lowest BCUT2D eigenvalue weighted by atomic mass is 10.3. The number of aryl methyl sites for hydroxylation is 1. The van der Waals surface area contributed by atoms with E-state index in [9.17, 15) is 9.59 Å². The van der Waals surface area contributed by atoms with Crippen LogP contribution in [-0.2, 0) is 9.59 Å². The van der Waals surface area contributed by atoms with Crippen molar-refractivity contribution in [2.24, 2.45) is 0 Å². The van der Waals surface area contributed by atoms with E-state index in [1.807, 2.05) is 30.3 Å². The number of hydrogen-bond donors (Lipinski definition) is 0. The largest absolute Gasteiger partial charge is 0.360 e. The molecule has 23 heavy (non-hydrogen) atoms. The fourth-order valence-electron chi connectivity index (χ4n) is 2.77. The van der Waals surface area contributed by atoms with Gasteiger partial charge in [-0.25, -0.2) is 4.90 Å². The highest BCUT2D eigenvalue weighted by Crippen LogP contribution is 2.54. The van der Waals surface area contributed by atoms with Crippen LogP contribution in [0.25, 0.3) is 0 Å². The molecule has 2 aliphatic heterocycles. The summed E-state index contributed by atoms with van der Waals surface area (Å²) in [6.07, 6.45) is 0. The summed E-state index contributed by atoms with van der Waals surface area (Å²) in [4.78, 5) is 28.3. The maximum Gasteiger partial charge on any atom is 0.241 e. The highest BCUT2D eigenvalue weighted by molar-refractivity contribution is 8.20. The van der Waals surface area contributed by atoms with Crippen LogP contribution in [0.1, 0.15) is 5.76 Å². The predicted molar refractivity (Wildman–Crippen MR) is 90.3 cm³/mol. The van der Waals surface area contributed by atoms with Crippen molar-refractivity contribution in [3.63, 3.8) is 0 Å². The molecule has 2 fully saturated rings. The van der Waals surface area contributed by atoms with Gasteiger partial charge in [-0.3, -0.25) is 14.5 Å². The van der Waals surface area contributed by atoms with Gasteiger partial charge in [0.25, 0.3) is 0 Å². The van der Waals surface area contributed by atoms with Gasteiger partial charge in [-0.05, 0) is 19.1 Å². The number of thioether (sulfide) groups is 2. The van der Waals surface area contributed by atoms with E-state index in [2.05, 4.69) is 5.16 Å². The van der Waals surface area contributed by atoms with Gasteiger partial charge in [-0.1, -0.05) is 46.9 Å². The van der Waals surface area contributed by atoms with E-state index >= 15 is 0 Å². The molecular weight excluding hydrogens is 334 g/mol. The molecular formula is C15H13N3O3S2. The Hall–Kier alpha value is -1.93. The highest BCUT2D eigenvalue weighted by Gasteiger charge is 2.59. The summed E-state index contributed by atoms with van der Waals surface area (Å²) in [6.45, 7) is 1.78. The van der Waals surface area contributed by atoms with Crippen molar-refractivity contribution in [3.8, 4) is 0 Å². The van der Waals surface area contributed by atoms with Crippen LogP contribution >= 0.6 is 23.5 Å². The molecule has 0 aliphatic carbocycles. The molecule has 0 saturated carbocycles. The van der Waals surface area contributed by atoms with Crippen molar-refractivity contribution in [1.29, 1.82) is 0 Å². The Morgan fingerprint density at radius 1 is 1.09 bits per heavy atom. The Labute approximate surface area is 141 Å². The van der Waals surface area contributed by atoms with E-state index in [0.29, 0.717) is 23.1 Å². The van der Waals surface area contributed by atoms with Gasteiger partial charge in [0.2, 0.25) is 16.1 Å². The van der Waals surface area contributed by atoms with Crippen LogP contribution in [0, 0.1) is 6.92 Å². The summed E-state index contributed by atoms with van der Waals surface area (Å²) in [6, 6.07) is 11.1. The Kier molecular flexibility index (Phi) is 3.38. The number of benzene rings is 1. The van der Waals surface area contributed by atoms with Crippen molar-refractivity contribution < 1.29 is 14.1 Å². The minimum Gasteiger partial charge on any atom is -0.360 e. The number of carbonyl (C=O) groups is 2. The van der Waals surface area contributed by atoms with Crippen LogP contribution in [0.3, 0.4) is 0 Å². The molecule has 2 aliphatic rings. The molecule has 0 bridgehead atoms. The Morgan fingerprint density at radius 3 is 2.35 bits per heavy atom. The average molecular weight is 347 g/mol. The smallest absolute Gasteiger partial charge is 0.241 e. The van der Waals surface area contributed by atoms with Gasteiger partial charge in [0, 0.05) is 11.8 Å². The van der Waals surface area contributed by atoms with Crippen LogP contribution in [0.2, 0.25) is 0 Å². The van der Waals surface area contributed by atoms with Crippen LogP contribution in [0.5, 0.6) is 0 Å². The van der Waals surface area contributed by atoms with Crippen LogP contribution in [0.4, 0.5) is 11.5 Å². The standard InChI is InChI=1S/C15H13N3O3S2/c1-10-7-12(16-21-10)18-14(20)9-23-15(18)17(13(19)8-22-15)11-5-3-2-4-6-11/h2-7H,8-9H2,1H3. The second kappa shape index (κ2) is 5.31. The molecule has 1 aromatic carbocycles. The topological polar surface area (TPSA) is 66.7 Å². The van der Waals surface area contributed by atoms with Gasteiger partial charge in [-0.2, -0.15) is 0 Å². The quantitative estimate of drug-likeness (QED) is 0.831. The molecule has 118 valence electrons. The second-order valence-corrected chi connectivity index (χ2v) is 7.77. The summed E-state index contributed by atoms with van der Waals surface area (Å²) in [5.74, 6) is 1.60. The van der Waals surface area contributed by atoms with Crippen molar-refractivity contribution in [1.82, 2.24) is 5.16 Å². The van der Waals surface area contributed by atoms with Gasteiger partial charge in [0.05, 0.1) is 11.5 Å². The molecule has 1 spiro atoms. The fraction of sp³-hybridized carbons (Fsp3) is 0.267. The van der Waals surface area contributed by atoms with Crippen molar-refractivity contribution >= 4 is 46.8 Å². The fourth-order valence-corrected chi connectivity index (χ4v) is 5.66. The summed E-state index contributed by atoms with van der Waals surface area (Å²) < 4.78 is 4.30. The monoisotopic (exact) mass is 347 g/mol. The van der Waals surface area contributed by atoms with Crippen LogP contribution in [-0.4, -0.2) is 32.8 Å². The zero-order valence-corrected chi connectivity index (χ0v) is 13.9. The van der Waals surface area contributed by atoms with Gasteiger partial charge < -0.3 is 4.52 Å². The van der Waals surface area contributed by atoms with E-state index in [0.717, 1.165) is 5.69 Å². The number of nitrogens with zero attached hydrogens (tertiary/aromatic N) is 3. The second-order valence-electron chi connectivity index (χ2n) is 5.22. The lowest BCUT2D eigenvalue weighted by Gasteiger charge is -2.38. The third-order valence-corrected chi connectivity index (χ3v) is 6.66. The lowest BCUT2D eigenvalue weighted by molar-refractivity contribution is -0.116. The van der Waals surface area contributed by atoms with Crippen molar-refractivity contribution in [3.05, 3.63) is 42.2 Å². The zero-order chi connectivity index (χ0) is 16.0. The number of anilines is 2. The normalized spacial score (nSPS) is 24.2. The first-order valence-electron chi connectivity index (χ1n) is 7.04. The first-order chi connectivity index (χ1) is 11.1. The number of hydrogen-bond acceptors (Lipinski definition) is 6. The molecule has 8 heteroatoms. The molecule has 2 amide bonds. The van der Waals surface area contributed by atoms with Gasteiger partial charge in [0.15, 0.2) is 5.82 Å². The number of rotatable bonds is 2. The van der Waals surface area contributed by atoms with Gasteiger partial charge >= 0.3 is 0 Å². The molecule has 0 N–H and O–H groups in total. The van der Waals surface area contributed by atoms with Gasteiger partial charge in [-0.15, -0.1) is 0 Å². The summed E-state index contributed by atoms with van der Waals surface area (Å²) in [7, 11) is 0. The number of para-hydroxylation sites is 1. The average Bonchev–Trinajstić information content (AvgIpc) is 3.20. The van der Waals surface area contributed by atoms with Crippen LogP contribution in [0.15, 0.2) is 40.9 Å². The third-order valence-electron chi connectivity index (χ3n) is 3.69. The van der Waals surface area contributed by atoms with E-state index in [1.165, 1.54) is 23.5 Å². The van der Waals surface area contributed by atoms with E-state index in [4.69, 9.17) is 4.52 Å². The summed E-state index contributed by atoms with van der Waals surface area (Å²) >= 11 is 2.88. The molecule has 1 aromatic heterocycles. The maximum atomic E-state index is 12.5. The molecule has 1 atom stereocenters. The van der Waals surface area contributed by atoms with Crippen molar-refractivity contribution in [2.45, 2.75) is 11.3 Å². The molecule has 2 saturated heterocycles. The predicted octanol–water partition coefficient (Wildman–Crippen LogP) is 2.45. The highest BCUT2D eigenvalue weighted by atomic mass is 32.2. The lowest BCUT2D eigenvalue weighted by Crippen LogP contribution is -2.53. The molecule has 1 unspecified atom stereocenters. The molecule has 4 rings (SSSR count). The zero-order valence-electron chi connectivity index (χ0n) is 12.3. The minimum absolute atomic E-state index is 0.0198. The maximum absolute atomic E-state index is 12.5. The first kappa shape index (κ1) is 14.6. The Bertz CT molecular complexity index is 775. The molecule has 0 radical (unpaired) electrons. The number of carbonyl (C=O) groups excluding carboxylic acids is 2. The van der Waals surface area contributed by atoms with E-state index in [-0.39, 0.29) is 11.8 Å².